The van der Waals surface area contributed by atoms with Gasteiger partial charge in [-0.15, -0.1) is 0 Å². The first-order chi connectivity index (χ1) is 5.61. The summed E-state index contributed by atoms with van der Waals surface area (Å²) >= 11 is 0. The van der Waals surface area contributed by atoms with Gasteiger partial charge in [-0.1, -0.05) is 26.0 Å². The summed E-state index contributed by atoms with van der Waals surface area (Å²) in [5.41, 5.74) is 1.93. The van der Waals surface area contributed by atoms with Crippen LogP contribution in [-0.4, -0.2) is 0 Å². The minimum Gasteiger partial charge on any atom is -0.207 e. The van der Waals surface area contributed by atoms with Crippen molar-refractivity contribution in [1.82, 2.24) is 0 Å². The van der Waals surface area contributed by atoms with E-state index < -0.39 is 0 Å². The molecule has 0 aliphatic carbocycles. The van der Waals surface area contributed by atoms with Crippen LogP contribution in [0.5, 0.6) is 0 Å². The Bertz CT molecular complexity index is 243. The SMILES string of the molecule is Cc1cccc(F)c1CC(C)C. The molecule has 66 valence electrons. The Labute approximate surface area is 73.4 Å². The van der Waals surface area contributed by atoms with Crippen LogP contribution in [0.15, 0.2) is 18.2 Å². The molecule has 0 heterocycles. The minimum absolute atomic E-state index is 0.0660. The van der Waals surface area contributed by atoms with Crippen molar-refractivity contribution in [3.63, 3.8) is 0 Å². The van der Waals surface area contributed by atoms with E-state index in [1.165, 1.54) is 6.07 Å². The fourth-order valence-corrected chi connectivity index (χ4v) is 1.33. The maximum atomic E-state index is 13.2. The van der Waals surface area contributed by atoms with Gasteiger partial charge >= 0.3 is 0 Å². The van der Waals surface area contributed by atoms with E-state index in [2.05, 4.69) is 13.8 Å². The van der Waals surface area contributed by atoms with Gasteiger partial charge in [0.1, 0.15) is 5.82 Å². The fourth-order valence-electron chi connectivity index (χ4n) is 1.33. The second-order valence-electron chi connectivity index (χ2n) is 3.63. The van der Waals surface area contributed by atoms with Gasteiger partial charge in [0.05, 0.1) is 0 Å². The molecule has 0 fully saturated rings. The Morgan fingerprint density at radius 3 is 2.50 bits per heavy atom. The van der Waals surface area contributed by atoms with Crippen LogP contribution in [0.1, 0.15) is 25.0 Å². The first-order valence-corrected chi connectivity index (χ1v) is 4.35. The van der Waals surface area contributed by atoms with Crippen molar-refractivity contribution in [3.8, 4) is 0 Å². The van der Waals surface area contributed by atoms with E-state index >= 15 is 0 Å². The van der Waals surface area contributed by atoms with Crippen LogP contribution in [0.4, 0.5) is 4.39 Å². The summed E-state index contributed by atoms with van der Waals surface area (Å²) in [5.74, 6) is 0.448. The molecule has 0 aliphatic heterocycles. The summed E-state index contributed by atoms with van der Waals surface area (Å²) in [6.45, 7) is 6.17. The van der Waals surface area contributed by atoms with Gasteiger partial charge in [-0.25, -0.2) is 4.39 Å². The van der Waals surface area contributed by atoms with Gasteiger partial charge in [-0.2, -0.15) is 0 Å². The van der Waals surface area contributed by atoms with E-state index in [9.17, 15) is 4.39 Å². The van der Waals surface area contributed by atoms with Gasteiger partial charge in [0.15, 0.2) is 0 Å². The third-order valence-electron chi connectivity index (χ3n) is 1.97. The van der Waals surface area contributed by atoms with Crippen LogP contribution >= 0.6 is 0 Å². The summed E-state index contributed by atoms with van der Waals surface area (Å²) < 4.78 is 13.2. The number of hydrogen-bond acceptors (Lipinski definition) is 0. The Morgan fingerprint density at radius 1 is 1.33 bits per heavy atom. The molecule has 0 radical (unpaired) electrons. The summed E-state index contributed by atoms with van der Waals surface area (Å²) in [5, 5.41) is 0. The molecule has 1 aromatic carbocycles. The molecule has 0 spiro atoms. The molecular weight excluding hydrogens is 151 g/mol. The molecule has 1 rings (SSSR count). The summed E-state index contributed by atoms with van der Waals surface area (Å²) in [7, 11) is 0. The van der Waals surface area contributed by atoms with E-state index in [0.717, 1.165) is 17.5 Å². The van der Waals surface area contributed by atoms with E-state index in [-0.39, 0.29) is 5.82 Å². The van der Waals surface area contributed by atoms with E-state index in [1.54, 1.807) is 6.07 Å². The first kappa shape index (κ1) is 9.24. The highest BCUT2D eigenvalue weighted by Gasteiger charge is 2.06. The molecule has 0 saturated heterocycles. The number of halogens is 1. The zero-order valence-electron chi connectivity index (χ0n) is 7.89. The van der Waals surface area contributed by atoms with E-state index in [4.69, 9.17) is 0 Å². The standard InChI is InChI=1S/C11H15F/c1-8(2)7-10-9(3)5-4-6-11(10)12/h4-6,8H,7H2,1-3H3. The molecule has 0 atom stereocenters. The van der Waals surface area contributed by atoms with Gasteiger partial charge in [-0.3, -0.25) is 0 Å². The number of hydrogen-bond donors (Lipinski definition) is 0. The average molecular weight is 166 g/mol. The lowest BCUT2D eigenvalue weighted by Gasteiger charge is -2.08. The summed E-state index contributed by atoms with van der Waals surface area (Å²) in [6.07, 6.45) is 0.832. The van der Waals surface area contributed by atoms with Gasteiger partial charge < -0.3 is 0 Å². The second-order valence-corrected chi connectivity index (χ2v) is 3.63. The third kappa shape index (κ3) is 2.07. The zero-order chi connectivity index (χ0) is 9.14. The van der Waals surface area contributed by atoms with Crippen molar-refractivity contribution in [2.45, 2.75) is 27.2 Å². The van der Waals surface area contributed by atoms with Crippen LogP contribution in [0, 0.1) is 18.7 Å². The van der Waals surface area contributed by atoms with Crippen LogP contribution in [0.2, 0.25) is 0 Å². The van der Waals surface area contributed by atoms with Crippen molar-refractivity contribution < 1.29 is 4.39 Å². The lowest BCUT2D eigenvalue weighted by molar-refractivity contribution is 0.571. The Balaban J connectivity index is 2.96. The Morgan fingerprint density at radius 2 is 2.00 bits per heavy atom. The van der Waals surface area contributed by atoms with Crippen molar-refractivity contribution in [2.75, 3.05) is 0 Å². The molecular formula is C11H15F. The molecule has 0 unspecified atom stereocenters. The molecule has 0 amide bonds. The lowest BCUT2D eigenvalue weighted by atomic mass is 9.98. The highest BCUT2D eigenvalue weighted by atomic mass is 19.1. The Hall–Kier alpha value is -0.850. The molecule has 0 saturated carbocycles. The smallest absolute Gasteiger partial charge is 0.126 e. The predicted molar refractivity (Wildman–Crippen MR) is 49.7 cm³/mol. The largest absolute Gasteiger partial charge is 0.207 e. The number of rotatable bonds is 2. The lowest BCUT2D eigenvalue weighted by Crippen LogP contribution is -1.99. The quantitative estimate of drug-likeness (QED) is 0.632. The van der Waals surface area contributed by atoms with Gasteiger partial charge in [-0.05, 0) is 36.5 Å². The topological polar surface area (TPSA) is 0 Å². The van der Waals surface area contributed by atoms with Crippen molar-refractivity contribution >= 4 is 0 Å². The van der Waals surface area contributed by atoms with Crippen LogP contribution < -0.4 is 0 Å². The molecule has 12 heavy (non-hydrogen) atoms. The average Bonchev–Trinajstić information content (AvgIpc) is 1.97. The van der Waals surface area contributed by atoms with Crippen molar-refractivity contribution in [1.29, 1.82) is 0 Å². The fraction of sp³-hybridized carbons (Fsp3) is 0.455. The van der Waals surface area contributed by atoms with Crippen LogP contribution in [0.25, 0.3) is 0 Å². The first-order valence-electron chi connectivity index (χ1n) is 4.35. The predicted octanol–water partition coefficient (Wildman–Crippen LogP) is 3.33. The summed E-state index contributed by atoms with van der Waals surface area (Å²) in [4.78, 5) is 0. The highest BCUT2D eigenvalue weighted by molar-refractivity contribution is 5.27. The molecule has 0 aliphatic rings. The third-order valence-corrected chi connectivity index (χ3v) is 1.97. The number of benzene rings is 1. The van der Waals surface area contributed by atoms with Crippen LogP contribution in [-0.2, 0) is 6.42 Å². The molecule has 1 heteroatoms. The van der Waals surface area contributed by atoms with Crippen molar-refractivity contribution in [3.05, 3.63) is 35.1 Å². The monoisotopic (exact) mass is 166 g/mol. The molecule has 0 N–H and O–H groups in total. The van der Waals surface area contributed by atoms with E-state index in [0.29, 0.717) is 5.92 Å². The maximum Gasteiger partial charge on any atom is 0.126 e. The second kappa shape index (κ2) is 3.70. The number of aryl methyl sites for hydroxylation is 1. The molecule has 0 nitrogen and oxygen atoms in total. The highest BCUT2D eigenvalue weighted by Crippen LogP contribution is 2.16. The zero-order valence-corrected chi connectivity index (χ0v) is 7.89. The van der Waals surface area contributed by atoms with Crippen LogP contribution in [0.3, 0.4) is 0 Å². The summed E-state index contributed by atoms with van der Waals surface area (Å²) in [6, 6.07) is 5.25. The van der Waals surface area contributed by atoms with Gasteiger partial charge in [0, 0.05) is 0 Å². The van der Waals surface area contributed by atoms with Gasteiger partial charge in [0.25, 0.3) is 0 Å². The van der Waals surface area contributed by atoms with Crippen molar-refractivity contribution in [2.24, 2.45) is 5.92 Å². The molecule has 1 aromatic rings. The van der Waals surface area contributed by atoms with E-state index in [1.807, 2.05) is 13.0 Å². The Kier molecular flexibility index (Phi) is 2.85. The maximum absolute atomic E-state index is 13.2. The van der Waals surface area contributed by atoms with Gasteiger partial charge in [0.2, 0.25) is 0 Å². The molecule has 0 bridgehead atoms. The normalized spacial score (nSPS) is 10.8. The molecule has 0 aromatic heterocycles. The minimum atomic E-state index is -0.0660.